The topological polar surface area (TPSA) is 26.0 Å². The zero-order chi connectivity index (χ0) is 17.2. The average molecular weight is 460 g/mol. The molecular weight excluding hydrogens is 456 g/mol. The van der Waals surface area contributed by atoms with Crippen molar-refractivity contribution in [3.8, 4) is 0 Å². The molecule has 0 spiro atoms. The van der Waals surface area contributed by atoms with Gasteiger partial charge in [-0.15, -0.1) is 0 Å². The van der Waals surface area contributed by atoms with Crippen molar-refractivity contribution >= 4 is 68.0 Å². The Morgan fingerprint density at radius 2 is 1.14 bits per heavy atom. The van der Waals surface area contributed by atoms with E-state index in [4.69, 9.17) is 52.1 Å². The number of anilines is 1. The van der Waals surface area contributed by atoms with Gasteiger partial charge in [-0.2, -0.15) is 0 Å². The van der Waals surface area contributed by atoms with Crippen molar-refractivity contribution in [3.63, 3.8) is 0 Å². The maximum atomic E-state index is 12.7. The second-order valence-corrected chi connectivity index (χ2v) is 6.10. The van der Waals surface area contributed by atoms with Gasteiger partial charge in [0.2, 0.25) is 0 Å². The van der Waals surface area contributed by atoms with E-state index in [1.165, 1.54) is 0 Å². The molecule has 0 aliphatic heterocycles. The van der Waals surface area contributed by atoms with Crippen LogP contribution < -0.4 is 5.73 Å². The molecule has 0 fully saturated rings. The molecule has 0 saturated heterocycles. The molecule has 0 saturated carbocycles. The molecule has 0 heterocycles. The van der Waals surface area contributed by atoms with Crippen LogP contribution >= 0.6 is 62.3 Å². The van der Waals surface area contributed by atoms with Crippen LogP contribution in [-0.4, -0.2) is 0 Å². The minimum absolute atomic E-state index is 0.0499. The summed E-state index contributed by atoms with van der Waals surface area (Å²) in [6.07, 6.45) is 0. The molecule has 22 heavy (non-hydrogen) atoms. The van der Waals surface area contributed by atoms with E-state index in [1.807, 2.05) is 0 Å². The van der Waals surface area contributed by atoms with Gasteiger partial charge in [-0.05, 0) is 28.1 Å². The van der Waals surface area contributed by atoms with E-state index in [0.717, 1.165) is 12.1 Å². The lowest BCUT2D eigenvalue weighted by molar-refractivity contribution is 0.580. The van der Waals surface area contributed by atoms with Gasteiger partial charge in [0.05, 0.1) is 20.2 Å². The summed E-state index contributed by atoms with van der Waals surface area (Å²) in [7, 11) is 0. The van der Waals surface area contributed by atoms with Gasteiger partial charge in [0.1, 0.15) is 10.0 Å². The van der Waals surface area contributed by atoms with Crippen molar-refractivity contribution in [2.45, 2.75) is 0 Å². The second kappa shape index (κ2) is 7.93. The lowest BCUT2D eigenvalue weighted by Crippen LogP contribution is -1.94. The van der Waals surface area contributed by atoms with Crippen LogP contribution in [0.15, 0.2) is 16.6 Å². The average Bonchev–Trinajstić information content (AvgIpc) is 2.47. The number of hydrogen-bond donors (Lipinski definition) is 1. The fraction of sp³-hybridized carbons (Fsp3) is 0. The molecule has 0 aromatic heterocycles. The standard InChI is InChI=1S/C6HBrCl2F2.C6H3Cl2F2N/c7-2-1-3(8)6(11)4(9)5(2)10;7-2-1-3(11)6(10)4(8)5(2)9/h1H;1H,11H2. The SMILES string of the molecule is Fc1c(Cl)cc(Br)c(F)c1Cl.Nc1cc(Cl)c(F)c(Cl)c1F. The molecule has 2 aromatic carbocycles. The summed E-state index contributed by atoms with van der Waals surface area (Å²) in [5.41, 5.74) is 4.82. The summed E-state index contributed by atoms with van der Waals surface area (Å²) >= 11 is 23.8. The van der Waals surface area contributed by atoms with Gasteiger partial charge in [-0.1, -0.05) is 46.4 Å². The molecule has 0 amide bonds. The fourth-order valence-electron chi connectivity index (χ4n) is 1.14. The first kappa shape index (κ1) is 19.6. The van der Waals surface area contributed by atoms with Crippen molar-refractivity contribution in [2.24, 2.45) is 0 Å². The lowest BCUT2D eigenvalue weighted by Gasteiger charge is -2.01. The van der Waals surface area contributed by atoms with Gasteiger partial charge in [0.25, 0.3) is 0 Å². The minimum atomic E-state index is -0.986. The maximum Gasteiger partial charge on any atom is 0.167 e. The first-order chi connectivity index (χ1) is 10.1. The molecular formula is C12H4BrCl4F4N. The molecule has 0 bridgehead atoms. The molecule has 0 atom stereocenters. The Labute approximate surface area is 151 Å². The summed E-state index contributed by atoms with van der Waals surface area (Å²) in [6, 6.07) is 2.08. The smallest absolute Gasteiger partial charge is 0.167 e. The Bertz CT molecular complexity index is 613. The van der Waals surface area contributed by atoms with Crippen LogP contribution in [0.4, 0.5) is 23.2 Å². The molecule has 120 valence electrons. The summed E-state index contributed by atoms with van der Waals surface area (Å²) in [5, 5.41) is -1.75. The molecule has 1 nitrogen and oxygen atoms in total. The van der Waals surface area contributed by atoms with Gasteiger partial charge in [0.15, 0.2) is 23.3 Å². The van der Waals surface area contributed by atoms with Crippen LogP contribution in [-0.2, 0) is 0 Å². The second-order valence-electron chi connectivity index (χ2n) is 3.67. The minimum Gasteiger partial charge on any atom is -0.396 e. The summed E-state index contributed by atoms with van der Waals surface area (Å²) in [4.78, 5) is 0. The van der Waals surface area contributed by atoms with Crippen LogP contribution in [0.2, 0.25) is 20.1 Å². The van der Waals surface area contributed by atoms with Gasteiger partial charge in [-0.25, -0.2) is 17.6 Å². The van der Waals surface area contributed by atoms with Gasteiger partial charge < -0.3 is 5.73 Å². The van der Waals surface area contributed by atoms with Crippen LogP contribution in [0.1, 0.15) is 0 Å². The Morgan fingerprint density at radius 3 is 1.64 bits per heavy atom. The Hall–Kier alpha value is -0.400. The predicted molar refractivity (Wildman–Crippen MR) is 84.9 cm³/mol. The Morgan fingerprint density at radius 1 is 0.727 bits per heavy atom. The van der Waals surface area contributed by atoms with E-state index in [2.05, 4.69) is 15.9 Å². The van der Waals surface area contributed by atoms with Crippen molar-refractivity contribution in [1.29, 1.82) is 0 Å². The van der Waals surface area contributed by atoms with E-state index >= 15 is 0 Å². The first-order valence-corrected chi connectivity index (χ1v) is 7.45. The third kappa shape index (κ3) is 4.32. The molecule has 2 rings (SSSR count). The summed E-state index contributed by atoms with van der Waals surface area (Å²) in [6.45, 7) is 0. The van der Waals surface area contributed by atoms with Gasteiger partial charge in [-0.3, -0.25) is 0 Å². The van der Waals surface area contributed by atoms with E-state index in [0.29, 0.717) is 0 Å². The quantitative estimate of drug-likeness (QED) is 0.197. The van der Waals surface area contributed by atoms with Crippen LogP contribution in [0.3, 0.4) is 0 Å². The summed E-state index contributed by atoms with van der Waals surface area (Å²) < 4.78 is 50.6. The highest BCUT2D eigenvalue weighted by atomic mass is 79.9. The number of nitrogen functional groups attached to an aromatic ring is 1. The van der Waals surface area contributed by atoms with E-state index in [9.17, 15) is 17.6 Å². The predicted octanol–water partition coefficient (Wildman–Crippen LogP) is 6.89. The number of benzene rings is 2. The normalized spacial score (nSPS) is 10.2. The Kier molecular flexibility index (Phi) is 7.08. The third-order valence-corrected chi connectivity index (χ3v) is 3.98. The van der Waals surface area contributed by atoms with Crippen molar-refractivity contribution in [1.82, 2.24) is 0 Å². The highest BCUT2D eigenvalue weighted by molar-refractivity contribution is 9.10. The molecule has 2 N–H and O–H groups in total. The number of hydrogen-bond acceptors (Lipinski definition) is 1. The van der Waals surface area contributed by atoms with Crippen molar-refractivity contribution in [3.05, 3.63) is 60.0 Å². The van der Waals surface area contributed by atoms with Gasteiger partial charge in [0, 0.05) is 0 Å². The van der Waals surface area contributed by atoms with E-state index in [1.54, 1.807) is 0 Å². The maximum absolute atomic E-state index is 12.7. The number of rotatable bonds is 0. The van der Waals surface area contributed by atoms with Crippen LogP contribution in [0.25, 0.3) is 0 Å². The van der Waals surface area contributed by atoms with E-state index < -0.39 is 33.3 Å². The van der Waals surface area contributed by atoms with Crippen LogP contribution in [0.5, 0.6) is 0 Å². The number of nitrogens with two attached hydrogens (primary N) is 1. The third-order valence-electron chi connectivity index (χ3n) is 2.19. The first-order valence-electron chi connectivity index (χ1n) is 5.14. The van der Waals surface area contributed by atoms with Crippen molar-refractivity contribution < 1.29 is 17.6 Å². The largest absolute Gasteiger partial charge is 0.396 e. The molecule has 0 radical (unpaired) electrons. The highest BCUT2D eigenvalue weighted by Gasteiger charge is 2.14. The zero-order valence-electron chi connectivity index (χ0n) is 10.1. The molecule has 10 heteroatoms. The Balaban J connectivity index is 0.000000220. The van der Waals surface area contributed by atoms with E-state index in [-0.39, 0.29) is 20.2 Å². The monoisotopic (exact) mass is 457 g/mol. The number of halogens is 9. The molecule has 2 aromatic rings. The fourth-order valence-corrected chi connectivity index (χ4v) is 2.74. The molecule has 0 aliphatic carbocycles. The highest BCUT2D eigenvalue weighted by Crippen LogP contribution is 2.31. The lowest BCUT2D eigenvalue weighted by atomic mass is 10.3. The molecule has 0 aliphatic rings. The summed E-state index contributed by atoms with van der Waals surface area (Å²) in [5.74, 6) is -3.74. The van der Waals surface area contributed by atoms with Gasteiger partial charge >= 0.3 is 0 Å². The molecule has 0 unspecified atom stereocenters. The van der Waals surface area contributed by atoms with Crippen LogP contribution in [0, 0.1) is 23.3 Å². The zero-order valence-corrected chi connectivity index (χ0v) is 14.7. The van der Waals surface area contributed by atoms with Crippen molar-refractivity contribution in [2.75, 3.05) is 5.73 Å².